The number of hydrogen-bond donors (Lipinski definition) is 1. The monoisotopic (exact) mass is 193 g/mol. The average Bonchev–Trinajstić information content (AvgIpc) is 2.50. The van der Waals surface area contributed by atoms with Crippen molar-refractivity contribution in [1.82, 2.24) is 9.78 Å². The minimum Gasteiger partial charge on any atom is -0.330 e. The highest BCUT2D eigenvalue weighted by Crippen LogP contribution is 2.23. The fourth-order valence-corrected chi connectivity index (χ4v) is 0.866. The average molecular weight is 193 g/mol. The maximum atomic E-state index is 12.0. The molecule has 0 amide bonds. The quantitative estimate of drug-likeness (QED) is 0.771. The summed E-state index contributed by atoms with van der Waals surface area (Å²) in [6, 6.07) is 0. The van der Waals surface area contributed by atoms with E-state index < -0.39 is 6.30 Å². The number of nitrogens with two attached hydrogens (primary N) is 1. The van der Waals surface area contributed by atoms with Gasteiger partial charge < -0.3 is 5.73 Å². The van der Waals surface area contributed by atoms with Gasteiger partial charge in [-0.15, -0.1) is 13.2 Å². The normalized spacial score (nSPS) is 14.5. The van der Waals surface area contributed by atoms with E-state index >= 15 is 0 Å². The van der Waals surface area contributed by atoms with Crippen molar-refractivity contribution in [2.45, 2.75) is 19.1 Å². The molecule has 1 heterocycles. The summed E-state index contributed by atoms with van der Waals surface area (Å²) >= 11 is 0. The fraction of sp³-hybridized carbons (Fsp3) is 0.571. The van der Waals surface area contributed by atoms with Gasteiger partial charge in [-0.25, -0.2) is 0 Å². The summed E-state index contributed by atoms with van der Waals surface area (Å²) in [4.78, 5) is 0. The Balaban J connectivity index is 2.87. The van der Waals surface area contributed by atoms with Crippen LogP contribution in [0.5, 0.6) is 0 Å². The number of nitrogens with zero attached hydrogens (tertiary/aromatic N) is 2. The van der Waals surface area contributed by atoms with E-state index in [-0.39, 0.29) is 10.6 Å². The topological polar surface area (TPSA) is 43.8 Å². The van der Waals surface area contributed by atoms with Crippen LogP contribution in [0.25, 0.3) is 0 Å². The van der Waals surface area contributed by atoms with Gasteiger partial charge >= 0.3 is 6.30 Å². The Kier molecular flexibility index (Phi) is 2.60. The van der Waals surface area contributed by atoms with Crippen LogP contribution in [0, 0.1) is 0 Å². The summed E-state index contributed by atoms with van der Waals surface area (Å²) in [6.07, 6.45) is -2.30. The van der Waals surface area contributed by atoms with E-state index in [2.05, 4.69) is 5.10 Å². The summed E-state index contributed by atoms with van der Waals surface area (Å²) in [5, 5.41) is 3.19. The van der Waals surface area contributed by atoms with E-state index in [0.717, 1.165) is 6.20 Å². The van der Waals surface area contributed by atoms with Gasteiger partial charge in [-0.1, -0.05) is 6.92 Å². The standard InChI is InChI=1S/C7H10F3N3/c1-5(2-11)6-3-12-13(4-6)7(8,9)10/h3-5H,2,11H2,1H3. The van der Waals surface area contributed by atoms with Gasteiger partial charge in [0.1, 0.15) is 0 Å². The molecule has 1 aromatic heterocycles. The minimum absolute atomic E-state index is 0.0194. The molecule has 1 atom stereocenters. The van der Waals surface area contributed by atoms with Crippen LogP contribution in [0.2, 0.25) is 0 Å². The Morgan fingerprint density at radius 1 is 1.62 bits per heavy atom. The maximum absolute atomic E-state index is 12.0. The summed E-state index contributed by atoms with van der Waals surface area (Å²) in [7, 11) is 0. The van der Waals surface area contributed by atoms with Crippen molar-refractivity contribution in [2.24, 2.45) is 5.73 Å². The van der Waals surface area contributed by atoms with Crippen molar-refractivity contribution >= 4 is 0 Å². The van der Waals surface area contributed by atoms with Gasteiger partial charge in [0, 0.05) is 6.20 Å². The summed E-state index contributed by atoms with van der Waals surface area (Å²) in [5.41, 5.74) is 5.80. The van der Waals surface area contributed by atoms with Gasteiger partial charge in [0.25, 0.3) is 0 Å². The molecular formula is C7H10F3N3. The first-order valence-electron chi connectivity index (χ1n) is 3.77. The van der Waals surface area contributed by atoms with Gasteiger partial charge in [0.15, 0.2) is 0 Å². The van der Waals surface area contributed by atoms with Crippen molar-refractivity contribution in [2.75, 3.05) is 6.54 Å². The molecule has 1 unspecified atom stereocenters. The molecule has 0 saturated heterocycles. The van der Waals surface area contributed by atoms with Crippen molar-refractivity contribution in [3.05, 3.63) is 18.0 Å². The molecule has 0 saturated carbocycles. The molecule has 6 heteroatoms. The van der Waals surface area contributed by atoms with Crippen LogP contribution in [0.15, 0.2) is 12.4 Å². The van der Waals surface area contributed by atoms with Gasteiger partial charge in [0.2, 0.25) is 0 Å². The summed E-state index contributed by atoms with van der Waals surface area (Å²) in [6.45, 7) is 2.06. The van der Waals surface area contributed by atoms with Crippen LogP contribution in [-0.4, -0.2) is 16.3 Å². The third-order valence-corrected chi connectivity index (χ3v) is 1.78. The van der Waals surface area contributed by atoms with Crippen molar-refractivity contribution in [3.63, 3.8) is 0 Å². The lowest BCUT2D eigenvalue weighted by Gasteiger charge is -2.05. The van der Waals surface area contributed by atoms with Crippen LogP contribution >= 0.6 is 0 Å². The molecule has 0 radical (unpaired) electrons. The number of alkyl halides is 3. The Bertz CT molecular complexity index is 279. The second-order valence-electron chi connectivity index (χ2n) is 2.82. The SMILES string of the molecule is CC(CN)c1cnn(C(F)(F)F)c1. The lowest BCUT2D eigenvalue weighted by Crippen LogP contribution is -2.17. The largest absolute Gasteiger partial charge is 0.504 e. The Morgan fingerprint density at radius 2 is 2.23 bits per heavy atom. The van der Waals surface area contributed by atoms with E-state index in [0.29, 0.717) is 12.1 Å². The molecule has 1 aromatic rings. The molecule has 0 aliphatic rings. The zero-order valence-corrected chi connectivity index (χ0v) is 7.04. The highest BCUT2D eigenvalue weighted by Gasteiger charge is 2.31. The second kappa shape index (κ2) is 3.37. The zero-order valence-electron chi connectivity index (χ0n) is 7.04. The van der Waals surface area contributed by atoms with E-state index in [1.165, 1.54) is 6.20 Å². The fourth-order valence-electron chi connectivity index (χ4n) is 0.866. The molecule has 0 spiro atoms. The van der Waals surface area contributed by atoms with Gasteiger partial charge in [0.05, 0.1) is 6.20 Å². The molecule has 0 aromatic carbocycles. The summed E-state index contributed by atoms with van der Waals surface area (Å²) in [5.74, 6) is -0.101. The molecule has 13 heavy (non-hydrogen) atoms. The minimum atomic E-state index is -4.44. The van der Waals surface area contributed by atoms with Crippen LogP contribution in [0.1, 0.15) is 18.4 Å². The third-order valence-electron chi connectivity index (χ3n) is 1.78. The van der Waals surface area contributed by atoms with Crippen molar-refractivity contribution in [3.8, 4) is 0 Å². The van der Waals surface area contributed by atoms with Crippen molar-refractivity contribution < 1.29 is 13.2 Å². The van der Waals surface area contributed by atoms with E-state index in [9.17, 15) is 13.2 Å². The van der Waals surface area contributed by atoms with Gasteiger partial charge in [-0.05, 0) is 18.0 Å². The first kappa shape index (κ1) is 10.0. The lowest BCUT2D eigenvalue weighted by atomic mass is 10.1. The van der Waals surface area contributed by atoms with Gasteiger partial charge in [-0.2, -0.15) is 9.78 Å². The first-order valence-corrected chi connectivity index (χ1v) is 3.77. The van der Waals surface area contributed by atoms with Crippen molar-refractivity contribution in [1.29, 1.82) is 0 Å². The summed E-state index contributed by atoms with van der Waals surface area (Å²) < 4.78 is 36.1. The highest BCUT2D eigenvalue weighted by molar-refractivity contribution is 5.10. The molecule has 1 rings (SSSR count). The predicted molar refractivity (Wildman–Crippen MR) is 41.0 cm³/mol. The highest BCUT2D eigenvalue weighted by atomic mass is 19.4. The number of rotatable bonds is 2. The van der Waals surface area contributed by atoms with Crippen LogP contribution < -0.4 is 5.73 Å². The zero-order chi connectivity index (χ0) is 10.1. The molecule has 3 nitrogen and oxygen atoms in total. The van der Waals surface area contributed by atoms with E-state index in [1.54, 1.807) is 6.92 Å². The molecular weight excluding hydrogens is 183 g/mol. The molecule has 2 N–H and O–H groups in total. The van der Waals surface area contributed by atoms with Crippen LogP contribution in [0.3, 0.4) is 0 Å². The van der Waals surface area contributed by atoms with Crippen LogP contribution in [0.4, 0.5) is 13.2 Å². The number of aromatic nitrogens is 2. The molecule has 0 bridgehead atoms. The number of hydrogen-bond acceptors (Lipinski definition) is 2. The third kappa shape index (κ3) is 2.21. The molecule has 0 aliphatic carbocycles. The molecule has 0 fully saturated rings. The van der Waals surface area contributed by atoms with E-state index in [4.69, 9.17) is 5.73 Å². The first-order chi connectivity index (χ1) is 5.95. The van der Waals surface area contributed by atoms with E-state index in [1.807, 2.05) is 0 Å². The maximum Gasteiger partial charge on any atom is 0.504 e. The Hall–Kier alpha value is -1.04. The van der Waals surface area contributed by atoms with Gasteiger partial charge in [-0.3, -0.25) is 0 Å². The number of halogens is 3. The molecule has 74 valence electrons. The lowest BCUT2D eigenvalue weighted by molar-refractivity contribution is -0.212. The molecule has 0 aliphatic heterocycles. The smallest absolute Gasteiger partial charge is 0.330 e. The Labute approximate surface area is 73.3 Å². The Morgan fingerprint density at radius 3 is 2.62 bits per heavy atom. The van der Waals surface area contributed by atoms with Crippen LogP contribution in [-0.2, 0) is 6.30 Å². The second-order valence-corrected chi connectivity index (χ2v) is 2.82. The predicted octanol–water partition coefficient (Wildman–Crippen LogP) is 1.42.